The van der Waals surface area contributed by atoms with Crippen LogP contribution in [0.3, 0.4) is 0 Å². The standard InChI is InChI=1S/C26H23F2N3O2/c1-2-17-5-12-24-19(13-17)14-20(25(32)30-24)16-31(15-18-3-6-21(27)7-4-18)26(33)29-23-10-8-22(28)9-11-23/h3-14H,2,15-16H2,1H3,(H,29,33)(H,30,32). The van der Waals surface area contributed by atoms with Crippen LogP contribution < -0.4 is 10.9 Å². The molecule has 0 saturated heterocycles. The molecule has 1 heterocycles. The highest BCUT2D eigenvalue weighted by molar-refractivity contribution is 5.89. The number of nitrogens with one attached hydrogen (secondary N) is 2. The van der Waals surface area contributed by atoms with Crippen molar-refractivity contribution in [1.29, 1.82) is 0 Å². The normalized spacial score (nSPS) is 10.9. The topological polar surface area (TPSA) is 65.2 Å². The molecule has 0 aliphatic carbocycles. The Bertz CT molecular complexity index is 1330. The summed E-state index contributed by atoms with van der Waals surface area (Å²) in [4.78, 5) is 30.1. The first-order chi connectivity index (χ1) is 15.9. The second kappa shape index (κ2) is 9.65. The molecular formula is C26H23F2N3O2. The molecule has 4 aromatic rings. The minimum Gasteiger partial charge on any atom is -0.322 e. The number of benzene rings is 3. The van der Waals surface area contributed by atoms with Crippen molar-refractivity contribution in [3.8, 4) is 0 Å². The number of aryl methyl sites for hydroxylation is 1. The highest BCUT2D eigenvalue weighted by Crippen LogP contribution is 2.17. The quantitative estimate of drug-likeness (QED) is 0.404. The summed E-state index contributed by atoms with van der Waals surface area (Å²) < 4.78 is 26.6. The number of H-pyrrole nitrogens is 1. The van der Waals surface area contributed by atoms with Crippen LogP contribution in [0, 0.1) is 11.6 Å². The van der Waals surface area contributed by atoms with Gasteiger partial charge in [0.05, 0.1) is 6.54 Å². The summed E-state index contributed by atoms with van der Waals surface area (Å²) in [7, 11) is 0. The molecule has 33 heavy (non-hydrogen) atoms. The molecule has 2 amide bonds. The lowest BCUT2D eigenvalue weighted by molar-refractivity contribution is 0.206. The van der Waals surface area contributed by atoms with Crippen LogP contribution in [0.15, 0.2) is 77.6 Å². The number of hydrogen-bond donors (Lipinski definition) is 2. The number of halogens is 2. The maximum absolute atomic E-state index is 13.3. The van der Waals surface area contributed by atoms with Gasteiger partial charge >= 0.3 is 6.03 Å². The summed E-state index contributed by atoms with van der Waals surface area (Å²) in [6.45, 7) is 2.24. The molecule has 2 N–H and O–H groups in total. The average Bonchev–Trinajstić information content (AvgIpc) is 2.81. The smallest absolute Gasteiger partial charge is 0.322 e. The third-order valence-electron chi connectivity index (χ3n) is 5.42. The molecule has 0 saturated carbocycles. The molecular weight excluding hydrogens is 424 g/mol. The van der Waals surface area contributed by atoms with Crippen LogP contribution in [0.25, 0.3) is 10.9 Å². The van der Waals surface area contributed by atoms with Gasteiger partial charge in [-0.1, -0.05) is 25.1 Å². The van der Waals surface area contributed by atoms with Gasteiger partial charge in [-0.25, -0.2) is 13.6 Å². The number of fused-ring (bicyclic) bond motifs is 1. The summed E-state index contributed by atoms with van der Waals surface area (Å²) in [6, 6.07) is 18.4. The van der Waals surface area contributed by atoms with E-state index in [9.17, 15) is 18.4 Å². The van der Waals surface area contributed by atoms with E-state index in [4.69, 9.17) is 0 Å². The minimum atomic E-state index is -0.465. The first-order valence-corrected chi connectivity index (χ1v) is 10.6. The van der Waals surface area contributed by atoms with Crippen LogP contribution in [0.4, 0.5) is 19.3 Å². The van der Waals surface area contributed by atoms with Crippen LogP contribution in [0.5, 0.6) is 0 Å². The predicted octanol–water partition coefficient (Wildman–Crippen LogP) is 5.60. The van der Waals surface area contributed by atoms with Crippen molar-refractivity contribution in [3.05, 3.63) is 111 Å². The van der Waals surface area contributed by atoms with E-state index in [1.807, 2.05) is 18.2 Å². The van der Waals surface area contributed by atoms with Gasteiger partial charge in [-0.2, -0.15) is 0 Å². The van der Waals surface area contributed by atoms with E-state index in [1.165, 1.54) is 41.3 Å². The summed E-state index contributed by atoms with van der Waals surface area (Å²) in [5.41, 5.74) is 3.12. The Balaban J connectivity index is 1.65. The Morgan fingerprint density at radius 3 is 2.18 bits per heavy atom. The number of urea groups is 1. The molecule has 1 aromatic heterocycles. The van der Waals surface area contributed by atoms with Crippen molar-refractivity contribution >= 4 is 22.6 Å². The van der Waals surface area contributed by atoms with Crippen LogP contribution in [-0.4, -0.2) is 15.9 Å². The van der Waals surface area contributed by atoms with Gasteiger partial charge in [0.1, 0.15) is 11.6 Å². The zero-order valence-electron chi connectivity index (χ0n) is 18.1. The third kappa shape index (κ3) is 5.44. The number of carbonyl (C=O) groups is 1. The molecule has 0 fully saturated rings. The molecule has 0 radical (unpaired) electrons. The van der Waals surface area contributed by atoms with Crippen molar-refractivity contribution in [1.82, 2.24) is 9.88 Å². The second-order valence-corrected chi connectivity index (χ2v) is 7.82. The summed E-state index contributed by atoms with van der Waals surface area (Å²) in [5, 5.41) is 3.61. The van der Waals surface area contributed by atoms with Crippen LogP contribution in [0.2, 0.25) is 0 Å². The second-order valence-electron chi connectivity index (χ2n) is 7.82. The van der Waals surface area contributed by atoms with E-state index in [0.29, 0.717) is 16.8 Å². The van der Waals surface area contributed by atoms with Crippen molar-refractivity contribution in [2.24, 2.45) is 0 Å². The number of carbonyl (C=O) groups excluding carboxylic acids is 1. The fourth-order valence-corrected chi connectivity index (χ4v) is 3.59. The van der Waals surface area contributed by atoms with Gasteiger partial charge in [0.2, 0.25) is 0 Å². The van der Waals surface area contributed by atoms with Crippen molar-refractivity contribution < 1.29 is 13.6 Å². The Morgan fingerprint density at radius 2 is 1.52 bits per heavy atom. The van der Waals surface area contributed by atoms with Gasteiger partial charge < -0.3 is 15.2 Å². The first-order valence-electron chi connectivity index (χ1n) is 10.6. The van der Waals surface area contributed by atoms with Gasteiger partial charge in [0, 0.05) is 23.3 Å². The van der Waals surface area contributed by atoms with Crippen LogP contribution in [0.1, 0.15) is 23.6 Å². The highest BCUT2D eigenvalue weighted by Gasteiger charge is 2.17. The van der Waals surface area contributed by atoms with E-state index < -0.39 is 11.8 Å². The van der Waals surface area contributed by atoms with Crippen LogP contribution in [-0.2, 0) is 19.5 Å². The Hall–Kier alpha value is -4.00. The number of aromatic amines is 1. The van der Waals surface area contributed by atoms with Crippen molar-refractivity contribution in [2.75, 3.05) is 5.32 Å². The van der Waals surface area contributed by atoms with E-state index in [1.54, 1.807) is 18.2 Å². The lowest BCUT2D eigenvalue weighted by Crippen LogP contribution is -2.35. The van der Waals surface area contributed by atoms with E-state index in [2.05, 4.69) is 17.2 Å². The molecule has 5 nitrogen and oxygen atoms in total. The molecule has 4 rings (SSSR count). The molecule has 0 unspecified atom stereocenters. The predicted molar refractivity (Wildman–Crippen MR) is 125 cm³/mol. The SMILES string of the molecule is CCc1ccc2[nH]c(=O)c(CN(Cc3ccc(F)cc3)C(=O)Nc3ccc(F)cc3)cc2c1. The third-order valence-corrected chi connectivity index (χ3v) is 5.42. The monoisotopic (exact) mass is 447 g/mol. The van der Waals surface area contributed by atoms with Gasteiger partial charge in [-0.15, -0.1) is 0 Å². The fraction of sp³-hybridized carbons (Fsp3) is 0.154. The number of hydrogen-bond acceptors (Lipinski definition) is 2. The summed E-state index contributed by atoms with van der Waals surface area (Å²) in [5.74, 6) is -0.788. The zero-order chi connectivity index (χ0) is 23.4. The number of nitrogens with zero attached hydrogens (tertiary/aromatic N) is 1. The van der Waals surface area contributed by atoms with E-state index in [-0.39, 0.29) is 24.5 Å². The number of rotatable bonds is 6. The average molecular weight is 447 g/mol. The molecule has 0 atom stereocenters. The van der Waals surface area contributed by atoms with E-state index in [0.717, 1.165) is 22.9 Å². The number of anilines is 1. The Kier molecular flexibility index (Phi) is 6.49. The number of aromatic nitrogens is 1. The zero-order valence-corrected chi connectivity index (χ0v) is 18.1. The molecule has 0 bridgehead atoms. The van der Waals surface area contributed by atoms with Gasteiger partial charge in [0.25, 0.3) is 5.56 Å². The summed E-state index contributed by atoms with van der Waals surface area (Å²) in [6.07, 6.45) is 0.862. The molecule has 168 valence electrons. The van der Waals surface area contributed by atoms with Crippen LogP contribution >= 0.6 is 0 Å². The Morgan fingerprint density at radius 1 is 0.879 bits per heavy atom. The molecule has 0 aliphatic heterocycles. The molecule has 0 aliphatic rings. The van der Waals surface area contributed by atoms with Crippen molar-refractivity contribution in [3.63, 3.8) is 0 Å². The summed E-state index contributed by atoms with van der Waals surface area (Å²) >= 11 is 0. The molecule has 7 heteroatoms. The molecule has 3 aromatic carbocycles. The van der Waals surface area contributed by atoms with Crippen molar-refractivity contribution in [2.45, 2.75) is 26.4 Å². The first kappa shape index (κ1) is 22.2. The highest BCUT2D eigenvalue weighted by atomic mass is 19.1. The maximum Gasteiger partial charge on any atom is 0.322 e. The largest absolute Gasteiger partial charge is 0.322 e. The molecule has 0 spiro atoms. The number of pyridine rings is 1. The van der Waals surface area contributed by atoms with Gasteiger partial charge in [0.15, 0.2) is 0 Å². The minimum absolute atomic E-state index is 0.0338. The lowest BCUT2D eigenvalue weighted by atomic mass is 10.1. The maximum atomic E-state index is 13.3. The Labute approximate surface area is 189 Å². The number of amides is 2. The fourth-order valence-electron chi connectivity index (χ4n) is 3.59. The van der Waals surface area contributed by atoms with Gasteiger partial charge in [-0.05, 0) is 77.5 Å². The van der Waals surface area contributed by atoms with Gasteiger partial charge in [-0.3, -0.25) is 4.79 Å². The lowest BCUT2D eigenvalue weighted by Gasteiger charge is -2.23. The van der Waals surface area contributed by atoms with E-state index >= 15 is 0 Å².